The smallest absolute Gasteiger partial charge is 0.326 e. The summed E-state index contributed by atoms with van der Waals surface area (Å²) >= 11 is 0. The second kappa shape index (κ2) is 4.53. The van der Waals surface area contributed by atoms with Crippen molar-refractivity contribution in [2.24, 2.45) is 5.92 Å². The first kappa shape index (κ1) is 11.6. The molecule has 1 unspecified atom stereocenters. The Morgan fingerprint density at radius 3 is 2.71 bits per heavy atom. The summed E-state index contributed by atoms with van der Waals surface area (Å²) in [6, 6.07) is 4.30. The van der Waals surface area contributed by atoms with E-state index in [0.717, 1.165) is 18.5 Å². The lowest BCUT2D eigenvalue weighted by Crippen LogP contribution is -2.42. The van der Waals surface area contributed by atoms with E-state index >= 15 is 0 Å². The van der Waals surface area contributed by atoms with Gasteiger partial charge in [0, 0.05) is 5.69 Å². The average Bonchev–Trinajstić information content (AvgIpc) is 3.09. The second-order valence-corrected chi connectivity index (χ2v) is 4.29. The zero-order valence-electron chi connectivity index (χ0n) is 9.51. The van der Waals surface area contributed by atoms with Crippen LogP contribution < -0.4 is 5.32 Å². The van der Waals surface area contributed by atoms with E-state index in [1.54, 1.807) is 25.1 Å². The van der Waals surface area contributed by atoms with E-state index in [9.17, 15) is 9.59 Å². The Kier molecular flexibility index (Phi) is 3.08. The van der Waals surface area contributed by atoms with Gasteiger partial charge in [-0.3, -0.25) is 4.79 Å². The molecule has 1 saturated carbocycles. The SMILES string of the molecule is Cc1cccc(C(=O)NC(C(=O)O)C2CC2)n1. The summed E-state index contributed by atoms with van der Waals surface area (Å²) < 4.78 is 0. The molecule has 5 heteroatoms. The van der Waals surface area contributed by atoms with Gasteiger partial charge in [0.05, 0.1) is 0 Å². The number of carbonyl (C=O) groups excluding carboxylic acids is 1. The van der Waals surface area contributed by atoms with Gasteiger partial charge in [0.15, 0.2) is 0 Å². The third-order valence-corrected chi connectivity index (χ3v) is 2.77. The maximum Gasteiger partial charge on any atom is 0.326 e. The van der Waals surface area contributed by atoms with Crippen LogP contribution in [0, 0.1) is 12.8 Å². The van der Waals surface area contributed by atoms with E-state index in [1.165, 1.54) is 0 Å². The molecule has 5 nitrogen and oxygen atoms in total. The molecule has 1 aromatic heterocycles. The fourth-order valence-corrected chi connectivity index (χ4v) is 1.70. The molecule has 1 aliphatic carbocycles. The van der Waals surface area contributed by atoms with Crippen LogP contribution in [-0.2, 0) is 4.79 Å². The minimum atomic E-state index is -0.978. The quantitative estimate of drug-likeness (QED) is 0.814. The minimum absolute atomic E-state index is 0.0706. The van der Waals surface area contributed by atoms with Crippen LogP contribution in [0.3, 0.4) is 0 Å². The molecule has 90 valence electrons. The zero-order chi connectivity index (χ0) is 12.4. The molecule has 1 heterocycles. The van der Waals surface area contributed by atoms with Crippen LogP contribution in [0.1, 0.15) is 29.0 Å². The molecule has 2 N–H and O–H groups in total. The van der Waals surface area contributed by atoms with Crippen LogP contribution in [0.4, 0.5) is 0 Å². The van der Waals surface area contributed by atoms with Crippen molar-refractivity contribution in [2.75, 3.05) is 0 Å². The number of nitrogens with one attached hydrogen (secondary N) is 1. The van der Waals surface area contributed by atoms with Crippen molar-refractivity contribution < 1.29 is 14.7 Å². The molecular weight excluding hydrogens is 220 g/mol. The number of carbonyl (C=O) groups is 2. The number of amides is 1. The minimum Gasteiger partial charge on any atom is -0.480 e. The molecule has 17 heavy (non-hydrogen) atoms. The van der Waals surface area contributed by atoms with Gasteiger partial charge >= 0.3 is 5.97 Å². The number of carboxylic acid groups (broad SMARTS) is 1. The molecule has 0 aliphatic heterocycles. The van der Waals surface area contributed by atoms with Crippen LogP contribution in [0.15, 0.2) is 18.2 Å². The monoisotopic (exact) mass is 234 g/mol. The highest BCUT2D eigenvalue weighted by Crippen LogP contribution is 2.32. The van der Waals surface area contributed by atoms with Gasteiger partial charge in [0.25, 0.3) is 5.91 Å². The molecule has 0 radical (unpaired) electrons. The molecule has 0 spiro atoms. The molecule has 0 bridgehead atoms. The normalized spacial score (nSPS) is 16.3. The number of aryl methyl sites for hydroxylation is 1. The van der Waals surface area contributed by atoms with Gasteiger partial charge in [-0.25, -0.2) is 9.78 Å². The van der Waals surface area contributed by atoms with Crippen molar-refractivity contribution in [1.29, 1.82) is 0 Å². The number of rotatable bonds is 4. The molecule has 2 rings (SSSR count). The van der Waals surface area contributed by atoms with Gasteiger partial charge in [-0.2, -0.15) is 0 Å². The number of aromatic nitrogens is 1. The highest BCUT2D eigenvalue weighted by Gasteiger charge is 2.37. The number of pyridine rings is 1. The molecule has 1 atom stereocenters. The summed E-state index contributed by atoms with van der Waals surface area (Å²) in [5, 5.41) is 11.5. The van der Waals surface area contributed by atoms with Gasteiger partial charge in [-0.05, 0) is 37.8 Å². The van der Waals surface area contributed by atoms with Crippen LogP contribution >= 0.6 is 0 Å². The fraction of sp³-hybridized carbons (Fsp3) is 0.417. The third-order valence-electron chi connectivity index (χ3n) is 2.77. The Bertz CT molecular complexity index is 455. The topological polar surface area (TPSA) is 79.3 Å². The lowest BCUT2D eigenvalue weighted by molar-refractivity contribution is -0.139. The van der Waals surface area contributed by atoms with E-state index in [0.29, 0.717) is 0 Å². The van der Waals surface area contributed by atoms with E-state index in [4.69, 9.17) is 5.11 Å². The van der Waals surface area contributed by atoms with Gasteiger partial charge < -0.3 is 10.4 Å². The largest absolute Gasteiger partial charge is 0.480 e. The average molecular weight is 234 g/mol. The van der Waals surface area contributed by atoms with Crippen molar-refractivity contribution in [3.05, 3.63) is 29.6 Å². The Morgan fingerprint density at radius 1 is 1.47 bits per heavy atom. The van der Waals surface area contributed by atoms with Crippen molar-refractivity contribution in [3.8, 4) is 0 Å². The van der Waals surface area contributed by atoms with Gasteiger partial charge in [-0.1, -0.05) is 6.07 Å². The number of aliphatic carboxylic acids is 1. The Labute approximate surface area is 98.9 Å². The highest BCUT2D eigenvalue weighted by molar-refractivity contribution is 5.95. The maximum absolute atomic E-state index is 11.8. The number of hydrogen-bond donors (Lipinski definition) is 2. The fourth-order valence-electron chi connectivity index (χ4n) is 1.70. The van der Waals surface area contributed by atoms with Crippen molar-refractivity contribution in [3.63, 3.8) is 0 Å². The molecule has 1 fully saturated rings. The van der Waals surface area contributed by atoms with Crippen LogP contribution in [0.2, 0.25) is 0 Å². The lowest BCUT2D eigenvalue weighted by Gasteiger charge is -2.13. The van der Waals surface area contributed by atoms with Crippen LogP contribution in [-0.4, -0.2) is 28.0 Å². The van der Waals surface area contributed by atoms with Crippen LogP contribution in [0.5, 0.6) is 0 Å². The predicted molar refractivity (Wildman–Crippen MR) is 60.6 cm³/mol. The molecule has 1 aliphatic rings. The number of hydrogen-bond acceptors (Lipinski definition) is 3. The molecule has 1 aromatic rings. The van der Waals surface area contributed by atoms with Gasteiger partial charge in [0.2, 0.25) is 0 Å². The van der Waals surface area contributed by atoms with Gasteiger partial charge in [-0.15, -0.1) is 0 Å². The summed E-state index contributed by atoms with van der Waals surface area (Å²) in [7, 11) is 0. The number of carboxylic acids is 1. The first-order valence-electron chi connectivity index (χ1n) is 5.55. The first-order chi connectivity index (χ1) is 8.08. The summed E-state index contributed by atoms with van der Waals surface area (Å²) in [5.41, 5.74) is 0.993. The summed E-state index contributed by atoms with van der Waals surface area (Å²) in [6.45, 7) is 1.78. The Balaban J connectivity index is 2.07. The Morgan fingerprint density at radius 2 is 2.18 bits per heavy atom. The predicted octanol–water partition coefficient (Wildman–Crippen LogP) is 0.983. The molecule has 0 saturated heterocycles. The van der Waals surface area contributed by atoms with Crippen molar-refractivity contribution in [1.82, 2.24) is 10.3 Å². The standard InChI is InChI=1S/C12H14N2O3/c1-7-3-2-4-9(13-7)11(15)14-10(12(16)17)8-5-6-8/h2-4,8,10H,5-6H2,1H3,(H,14,15)(H,16,17). The van der Waals surface area contributed by atoms with E-state index < -0.39 is 17.9 Å². The zero-order valence-corrected chi connectivity index (χ0v) is 9.51. The highest BCUT2D eigenvalue weighted by atomic mass is 16.4. The molecule has 1 amide bonds. The Hall–Kier alpha value is -1.91. The van der Waals surface area contributed by atoms with E-state index in [1.807, 2.05) is 0 Å². The van der Waals surface area contributed by atoms with Crippen molar-refractivity contribution >= 4 is 11.9 Å². The van der Waals surface area contributed by atoms with E-state index in [-0.39, 0.29) is 11.6 Å². The molecular formula is C12H14N2O3. The van der Waals surface area contributed by atoms with Crippen molar-refractivity contribution in [2.45, 2.75) is 25.8 Å². The summed E-state index contributed by atoms with van der Waals surface area (Å²) in [5.74, 6) is -1.33. The van der Waals surface area contributed by atoms with Crippen LogP contribution in [0.25, 0.3) is 0 Å². The second-order valence-electron chi connectivity index (χ2n) is 4.29. The molecule has 0 aromatic carbocycles. The number of nitrogens with zero attached hydrogens (tertiary/aromatic N) is 1. The third kappa shape index (κ3) is 2.81. The van der Waals surface area contributed by atoms with Gasteiger partial charge in [0.1, 0.15) is 11.7 Å². The van der Waals surface area contributed by atoms with E-state index in [2.05, 4.69) is 10.3 Å². The maximum atomic E-state index is 11.8. The summed E-state index contributed by atoms with van der Waals surface area (Å²) in [4.78, 5) is 26.8. The summed E-state index contributed by atoms with van der Waals surface area (Å²) in [6.07, 6.45) is 1.72. The lowest BCUT2D eigenvalue weighted by atomic mass is 10.2. The first-order valence-corrected chi connectivity index (χ1v) is 5.55.